The fraction of sp³-hybridized carbons (Fsp3) is 0.167. The number of anilines is 2. The lowest BCUT2D eigenvalue weighted by molar-refractivity contribution is 0.102. The number of carbonyl (C=O) groups excluding carboxylic acids is 1. The molecular weight excluding hydrogens is 428 g/mol. The van der Waals surface area contributed by atoms with E-state index in [9.17, 15) is 4.79 Å². The number of hydrogen-bond acceptors (Lipinski definition) is 4. The summed E-state index contributed by atoms with van der Waals surface area (Å²) in [7, 11) is 0. The Bertz CT molecular complexity index is 1230. The Morgan fingerprint density at radius 1 is 1.06 bits per heavy atom. The van der Waals surface area contributed by atoms with Gasteiger partial charge < -0.3 is 10.2 Å². The maximum atomic E-state index is 12.9. The molecule has 0 spiro atoms. The number of rotatable bonds is 4. The van der Waals surface area contributed by atoms with E-state index in [0.717, 1.165) is 36.6 Å². The van der Waals surface area contributed by atoms with E-state index in [1.807, 2.05) is 53.8 Å². The van der Waals surface area contributed by atoms with E-state index < -0.39 is 0 Å². The third-order valence-corrected chi connectivity index (χ3v) is 6.90. The van der Waals surface area contributed by atoms with Gasteiger partial charge in [-0.1, -0.05) is 29.8 Å². The van der Waals surface area contributed by atoms with Crippen LogP contribution in [0.1, 0.15) is 26.5 Å². The van der Waals surface area contributed by atoms with Gasteiger partial charge in [-0.15, -0.1) is 11.3 Å². The van der Waals surface area contributed by atoms with Crippen molar-refractivity contribution < 1.29 is 4.79 Å². The maximum Gasteiger partial charge on any atom is 0.260 e. The van der Waals surface area contributed by atoms with Gasteiger partial charge in [-0.25, -0.2) is 4.68 Å². The van der Waals surface area contributed by atoms with E-state index in [2.05, 4.69) is 38.9 Å². The lowest BCUT2D eigenvalue weighted by atomic mass is 10.1. The molecule has 1 N–H and O–H groups in total. The zero-order chi connectivity index (χ0) is 21.4. The zero-order valence-corrected chi connectivity index (χ0v) is 18.6. The third kappa shape index (κ3) is 3.84. The van der Waals surface area contributed by atoms with Crippen LogP contribution in [0, 0.1) is 6.92 Å². The SMILES string of the molecule is Cc1nn(-c2ccccc2)c(Cl)c1C(=O)Nc1ccc(N2CCc3sccc3C2)cc1. The molecule has 0 unspecified atom stereocenters. The molecule has 1 aliphatic heterocycles. The van der Waals surface area contributed by atoms with Gasteiger partial charge in [-0.3, -0.25) is 4.79 Å². The van der Waals surface area contributed by atoms with Crippen LogP contribution < -0.4 is 10.2 Å². The van der Waals surface area contributed by atoms with Crippen LogP contribution in [0.3, 0.4) is 0 Å². The van der Waals surface area contributed by atoms with Crippen LogP contribution in [0.4, 0.5) is 11.4 Å². The molecule has 0 radical (unpaired) electrons. The largest absolute Gasteiger partial charge is 0.367 e. The first kappa shape index (κ1) is 19.8. The van der Waals surface area contributed by atoms with Gasteiger partial charge in [0.1, 0.15) is 10.7 Å². The normalized spacial score (nSPS) is 13.2. The quantitative estimate of drug-likeness (QED) is 0.435. The molecule has 0 aliphatic carbocycles. The van der Waals surface area contributed by atoms with Crippen molar-refractivity contribution >= 4 is 40.2 Å². The molecule has 0 saturated heterocycles. The Hall–Kier alpha value is -3.09. The molecule has 0 saturated carbocycles. The smallest absolute Gasteiger partial charge is 0.260 e. The summed E-state index contributed by atoms with van der Waals surface area (Å²) in [6.45, 7) is 3.73. The number of fused-ring (bicyclic) bond motifs is 1. The summed E-state index contributed by atoms with van der Waals surface area (Å²) in [6, 6.07) is 19.7. The Labute approximate surface area is 189 Å². The number of para-hydroxylation sites is 1. The maximum absolute atomic E-state index is 12.9. The molecule has 3 heterocycles. The van der Waals surface area contributed by atoms with E-state index in [1.165, 1.54) is 10.4 Å². The number of nitrogens with one attached hydrogen (secondary N) is 1. The Morgan fingerprint density at radius 3 is 2.61 bits per heavy atom. The minimum atomic E-state index is -0.265. The number of aromatic nitrogens is 2. The second kappa shape index (κ2) is 8.21. The summed E-state index contributed by atoms with van der Waals surface area (Å²) in [6.07, 6.45) is 1.08. The Kier molecular flexibility index (Phi) is 5.26. The average molecular weight is 449 g/mol. The predicted molar refractivity (Wildman–Crippen MR) is 127 cm³/mol. The number of aryl methyl sites for hydroxylation is 1. The minimum absolute atomic E-state index is 0.265. The highest BCUT2D eigenvalue weighted by molar-refractivity contribution is 7.10. The molecule has 2 aromatic heterocycles. The molecule has 31 heavy (non-hydrogen) atoms. The number of amides is 1. The van der Waals surface area contributed by atoms with Gasteiger partial charge in [-0.05, 0) is 66.8 Å². The van der Waals surface area contributed by atoms with Crippen molar-refractivity contribution in [1.82, 2.24) is 9.78 Å². The second-order valence-corrected chi connectivity index (χ2v) is 8.90. The highest BCUT2D eigenvalue weighted by Crippen LogP contribution is 2.29. The van der Waals surface area contributed by atoms with E-state index >= 15 is 0 Å². The number of hydrogen-bond donors (Lipinski definition) is 1. The summed E-state index contributed by atoms with van der Waals surface area (Å²) < 4.78 is 1.59. The van der Waals surface area contributed by atoms with Crippen molar-refractivity contribution in [1.29, 1.82) is 0 Å². The Morgan fingerprint density at radius 2 is 1.84 bits per heavy atom. The topological polar surface area (TPSA) is 50.2 Å². The Balaban J connectivity index is 1.32. The van der Waals surface area contributed by atoms with Gasteiger partial charge in [-0.2, -0.15) is 5.10 Å². The van der Waals surface area contributed by atoms with E-state index in [1.54, 1.807) is 11.6 Å². The number of halogens is 1. The van der Waals surface area contributed by atoms with Gasteiger partial charge in [0.2, 0.25) is 0 Å². The highest BCUT2D eigenvalue weighted by Gasteiger charge is 2.22. The summed E-state index contributed by atoms with van der Waals surface area (Å²) in [5.41, 5.74) is 5.08. The first-order chi connectivity index (χ1) is 15.1. The minimum Gasteiger partial charge on any atom is -0.367 e. The number of thiophene rings is 1. The van der Waals surface area contributed by atoms with Gasteiger partial charge in [0.25, 0.3) is 5.91 Å². The molecule has 0 fully saturated rings. The van der Waals surface area contributed by atoms with Gasteiger partial charge in [0.05, 0.1) is 11.4 Å². The standard InChI is InChI=1S/C24H21ClN4OS/c1-16-22(23(25)29(27-16)20-5-3-2-4-6-20)24(30)26-18-7-9-19(10-8-18)28-13-11-21-17(15-28)12-14-31-21/h2-10,12,14H,11,13,15H2,1H3,(H,26,30). The van der Waals surface area contributed by atoms with E-state index in [4.69, 9.17) is 11.6 Å². The van der Waals surface area contributed by atoms with Crippen LogP contribution in [0.25, 0.3) is 5.69 Å². The number of benzene rings is 2. The molecule has 1 aliphatic rings. The molecule has 0 bridgehead atoms. The van der Waals surface area contributed by atoms with Gasteiger partial charge in [0, 0.05) is 29.3 Å². The summed E-state index contributed by atoms with van der Waals surface area (Å²) in [5, 5.41) is 9.87. The highest BCUT2D eigenvalue weighted by atomic mass is 35.5. The van der Waals surface area contributed by atoms with Crippen molar-refractivity contribution in [3.8, 4) is 5.69 Å². The monoisotopic (exact) mass is 448 g/mol. The third-order valence-electron chi connectivity index (χ3n) is 5.53. The zero-order valence-electron chi connectivity index (χ0n) is 17.0. The molecule has 4 aromatic rings. The van der Waals surface area contributed by atoms with Crippen LogP contribution in [0.5, 0.6) is 0 Å². The van der Waals surface area contributed by atoms with E-state index in [0.29, 0.717) is 16.4 Å². The molecule has 5 nitrogen and oxygen atoms in total. The van der Waals surface area contributed by atoms with Crippen molar-refractivity contribution in [2.45, 2.75) is 19.9 Å². The summed E-state index contributed by atoms with van der Waals surface area (Å²) in [5.74, 6) is -0.265. The predicted octanol–water partition coefficient (Wildman–Crippen LogP) is 5.71. The lowest BCUT2D eigenvalue weighted by Gasteiger charge is -2.29. The van der Waals surface area contributed by atoms with Crippen LogP contribution in [0.15, 0.2) is 66.0 Å². The summed E-state index contributed by atoms with van der Waals surface area (Å²) >= 11 is 8.36. The average Bonchev–Trinajstić information content (AvgIpc) is 3.38. The fourth-order valence-electron chi connectivity index (χ4n) is 3.92. The molecule has 7 heteroatoms. The van der Waals surface area contributed by atoms with Crippen molar-refractivity contribution in [2.75, 3.05) is 16.8 Å². The first-order valence-corrected chi connectivity index (χ1v) is 11.4. The molecular formula is C24H21ClN4OS. The van der Waals surface area contributed by atoms with Crippen molar-refractivity contribution in [3.05, 3.63) is 92.9 Å². The number of carbonyl (C=O) groups is 1. The molecule has 1 amide bonds. The van der Waals surface area contributed by atoms with Gasteiger partial charge >= 0.3 is 0 Å². The summed E-state index contributed by atoms with van der Waals surface area (Å²) in [4.78, 5) is 16.8. The van der Waals surface area contributed by atoms with Gasteiger partial charge in [0.15, 0.2) is 0 Å². The molecule has 0 atom stereocenters. The lowest BCUT2D eigenvalue weighted by Crippen LogP contribution is -2.29. The molecule has 2 aromatic carbocycles. The van der Waals surface area contributed by atoms with Crippen molar-refractivity contribution in [3.63, 3.8) is 0 Å². The van der Waals surface area contributed by atoms with E-state index in [-0.39, 0.29) is 5.91 Å². The van der Waals surface area contributed by atoms with Crippen LogP contribution in [0.2, 0.25) is 5.15 Å². The first-order valence-electron chi connectivity index (χ1n) is 10.1. The van der Waals surface area contributed by atoms with Crippen LogP contribution >= 0.6 is 22.9 Å². The number of nitrogens with zero attached hydrogens (tertiary/aromatic N) is 3. The van der Waals surface area contributed by atoms with Crippen LogP contribution in [-0.2, 0) is 13.0 Å². The molecule has 5 rings (SSSR count). The fourth-order valence-corrected chi connectivity index (χ4v) is 5.16. The van der Waals surface area contributed by atoms with Crippen LogP contribution in [-0.4, -0.2) is 22.2 Å². The second-order valence-electron chi connectivity index (χ2n) is 7.54. The molecule has 156 valence electrons. The van der Waals surface area contributed by atoms with Crippen molar-refractivity contribution in [2.24, 2.45) is 0 Å².